The van der Waals surface area contributed by atoms with Crippen molar-refractivity contribution >= 4 is 0 Å². The van der Waals surface area contributed by atoms with E-state index in [1.165, 1.54) is 4.90 Å². The largest absolute Gasteiger partial charge is 0.416 e. The van der Waals surface area contributed by atoms with Crippen molar-refractivity contribution in [1.82, 2.24) is 10.2 Å². The van der Waals surface area contributed by atoms with Crippen molar-refractivity contribution in [3.05, 3.63) is 35.1 Å². The second-order valence-electron chi connectivity index (χ2n) is 5.34. The molecule has 1 aliphatic rings. The summed E-state index contributed by atoms with van der Waals surface area (Å²) in [4.78, 5) is 1.18. The minimum atomic E-state index is -4.98. The molecule has 23 heavy (non-hydrogen) atoms. The molecule has 1 aromatic rings. The van der Waals surface area contributed by atoms with Gasteiger partial charge in [0.2, 0.25) is 0 Å². The number of nitrogens with one attached hydrogen (secondary N) is 1. The van der Waals surface area contributed by atoms with Crippen LogP contribution in [0, 0.1) is 5.82 Å². The maximum absolute atomic E-state index is 14.2. The van der Waals surface area contributed by atoms with Gasteiger partial charge in [-0.15, -0.1) is 0 Å². The number of nitrogens with zero attached hydrogens (tertiary/aromatic N) is 1. The molecule has 1 fully saturated rings. The summed E-state index contributed by atoms with van der Waals surface area (Å²) in [6.07, 6.45) is -4.98. The Morgan fingerprint density at radius 2 is 1.74 bits per heavy atom. The molecule has 0 bridgehead atoms. The first kappa shape index (κ1) is 18.0. The minimum absolute atomic E-state index is 0.0922. The summed E-state index contributed by atoms with van der Waals surface area (Å²) in [5.74, 6) is -4.96. The zero-order valence-corrected chi connectivity index (χ0v) is 12.0. The monoisotopic (exact) mass is 342 g/mol. The Hall–Kier alpha value is -1.32. The molecular weight excluding hydrogens is 326 g/mol. The van der Waals surface area contributed by atoms with E-state index in [4.69, 9.17) is 5.11 Å². The molecule has 2 rings (SSSR count). The number of benzene rings is 1. The van der Waals surface area contributed by atoms with Gasteiger partial charge in [-0.3, -0.25) is 4.90 Å². The molecule has 0 aromatic heterocycles. The zero-order chi connectivity index (χ0) is 17.3. The van der Waals surface area contributed by atoms with Crippen LogP contribution in [0.2, 0.25) is 0 Å². The van der Waals surface area contributed by atoms with Crippen molar-refractivity contribution in [1.29, 1.82) is 0 Å². The Labute approximate surface area is 128 Å². The van der Waals surface area contributed by atoms with E-state index in [-0.39, 0.29) is 19.2 Å². The molecule has 9 heteroatoms. The molecule has 1 aromatic carbocycles. The molecule has 0 unspecified atom stereocenters. The van der Waals surface area contributed by atoms with Crippen LogP contribution in [-0.4, -0.2) is 48.7 Å². The fourth-order valence-corrected chi connectivity index (χ4v) is 2.73. The Balaban J connectivity index is 2.55. The predicted octanol–water partition coefficient (Wildman–Crippen LogP) is 2.42. The van der Waals surface area contributed by atoms with E-state index in [2.05, 4.69) is 5.32 Å². The third kappa shape index (κ3) is 3.96. The molecule has 0 amide bonds. The summed E-state index contributed by atoms with van der Waals surface area (Å²) in [5, 5.41) is 11.9. The highest BCUT2D eigenvalue weighted by Crippen LogP contribution is 2.43. The number of alkyl halides is 5. The van der Waals surface area contributed by atoms with E-state index in [1.54, 1.807) is 0 Å². The van der Waals surface area contributed by atoms with Crippen molar-refractivity contribution in [2.75, 3.05) is 32.8 Å². The number of aliphatic hydroxyl groups excluding tert-OH is 1. The van der Waals surface area contributed by atoms with Crippen LogP contribution < -0.4 is 5.32 Å². The van der Waals surface area contributed by atoms with E-state index in [9.17, 15) is 26.3 Å². The Kier molecular flexibility index (Phi) is 5.22. The van der Waals surface area contributed by atoms with Crippen LogP contribution in [0.15, 0.2) is 18.2 Å². The van der Waals surface area contributed by atoms with Crippen LogP contribution in [-0.2, 0) is 6.18 Å². The maximum Gasteiger partial charge on any atom is 0.416 e. The first-order chi connectivity index (χ1) is 10.7. The third-order valence-corrected chi connectivity index (χ3v) is 3.74. The smallest absolute Gasteiger partial charge is 0.390 e. The van der Waals surface area contributed by atoms with Crippen LogP contribution in [0.4, 0.5) is 26.3 Å². The van der Waals surface area contributed by atoms with Gasteiger partial charge in [0.15, 0.2) is 0 Å². The average molecular weight is 342 g/mol. The topological polar surface area (TPSA) is 35.5 Å². The van der Waals surface area contributed by atoms with Crippen LogP contribution >= 0.6 is 0 Å². The van der Waals surface area contributed by atoms with Gasteiger partial charge < -0.3 is 10.4 Å². The van der Waals surface area contributed by atoms with Gasteiger partial charge in [-0.1, -0.05) is 6.07 Å². The molecule has 0 aliphatic carbocycles. The quantitative estimate of drug-likeness (QED) is 0.825. The van der Waals surface area contributed by atoms with E-state index < -0.39 is 41.7 Å². The summed E-state index contributed by atoms with van der Waals surface area (Å²) in [5.41, 5.74) is -2.19. The van der Waals surface area contributed by atoms with Crippen molar-refractivity contribution < 1.29 is 31.4 Å². The van der Waals surface area contributed by atoms with Gasteiger partial charge in [0.1, 0.15) is 18.5 Å². The molecule has 0 spiro atoms. The fourth-order valence-electron chi connectivity index (χ4n) is 2.73. The van der Waals surface area contributed by atoms with Crippen molar-refractivity contribution in [3.8, 4) is 0 Å². The van der Waals surface area contributed by atoms with Crippen molar-refractivity contribution in [2.45, 2.75) is 18.1 Å². The van der Waals surface area contributed by atoms with Crippen LogP contribution in [0.3, 0.4) is 0 Å². The number of rotatable bonds is 4. The molecule has 0 radical (unpaired) electrons. The van der Waals surface area contributed by atoms with Gasteiger partial charge in [0.25, 0.3) is 5.92 Å². The van der Waals surface area contributed by atoms with Crippen molar-refractivity contribution in [3.63, 3.8) is 0 Å². The van der Waals surface area contributed by atoms with Crippen LogP contribution in [0.1, 0.15) is 17.2 Å². The number of hydrogen-bond acceptors (Lipinski definition) is 3. The summed E-state index contributed by atoms with van der Waals surface area (Å²) in [6.45, 7) is -0.749. The number of aliphatic hydroxyl groups is 1. The minimum Gasteiger partial charge on any atom is -0.390 e. The number of halogens is 6. The Morgan fingerprint density at radius 3 is 2.26 bits per heavy atom. The molecule has 1 saturated heterocycles. The van der Waals surface area contributed by atoms with Crippen LogP contribution in [0.5, 0.6) is 0 Å². The Bertz CT molecular complexity index is 543. The van der Waals surface area contributed by atoms with Gasteiger partial charge >= 0.3 is 6.18 Å². The summed E-state index contributed by atoms with van der Waals surface area (Å²) in [6, 6.07) is -0.341. The van der Waals surface area contributed by atoms with E-state index in [1.807, 2.05) is 0 Å². The molecule has 1 atom stereocenters. The molecule has 2 N–H and O–H groups in total. The van der Waals surface area contributed by atoms with Gasteiger partial charge in [-0.2, -0.15) is 13.2 Å². The number of hydrogen-bond donors (Lipinski definition) is 2. The highest BCUT2D eigenvalue weighted by molar-refractivity contribution is 5.34. The lowest BCUT2D eigenvalue weighted by Gasteiger charge is -2.39. The van der Waals surface area contributed by atoms with Crippen molar-refractivity contribution in [2.24, 2.45) is 0 Å². The summed E-state index contributed by atoms with van der Waals surface area (Å²) < 4.78 is 81.0. The first-order valence-electron chi connectivity index (χ1n) is 6.97. The SMILES string of the molecule is OCC(F)(F)[C@H](c1ccc(F)cc1C(F)(F)F)N1CCNCC1. The normalized spacial score (nSPS) is 18.9. The Morgan fingerprint density at radius 1 is 1.13 bits per heavy atom. The van der Waals surface area contributed by atoms with E-state index >= 15 is 0 Å². The summed E-state index contributed by atoms with van der Waals surface area (Å²) in [7, 11) is 0. The third-order valence-electron chi connectivity index (χ3n) is 3.74. The highest BCUT2D eigenvalue weighted by Gasteiger charge is 2.48. The van der Waals surface area contributed by atoms with Gasteiger partial charge in [-0.25, -0.2) is 13.2 Å². The lowest BCUT2D eigenvalue weighted by molar-refractivity contribution is -0.145. The van der Waals surface area contributed by atoms with Gasteiger partial charge in [0, 0.05) is 26.2 Å². The fraction of sp³-hybridized carbons (Fsp3) is 0.571. The lowest BCUT2D eigenvalue weighted by Crippen LogP contribution is -2.51. The predicted molar refractivity (Wildman–Crippen MR) is 70.6 cm³/mol. The zero-order valence-electron chi connectivity index (χ0n) is 12.0. The molecule has 1 heterocycles. The van der Waals surface area contributed by atoms with E-state index in [0.29, 0.717) is 25.2 Å². The standard InChI is InChI=1S/C14H16F6N2O/c15-9-1-2-10(11(7-9)14(18,19)20)12(13(16,17)8-23)22-5-3-21-4-6-22/h1-2,7,12,21,23H,3-6,8H2/t12-/m0/s1. The molecule has 0 saturated carbocycles. The molecular formula is C14H16F6N2O. The second kappa shape index (κ2) is 6.66. The van der Waals surface area contributed by atoms with E-state index in [0.717, 1.165) is 0 Å². The second-order valence-corrected chi connectivity index (χ2v) is 5.34. The molecule has 1 aliphatic heterocycles. The number of piperazine rings is 1. The maximum atomic E-state index is 14.2. The van der Waals surface area contributed by atoms with Gasteiger partial charge in [-0.05, 0) is 17.7 Å². The summed E-state index contributed by atoms with van der Waals surface area (Å²) >= 11 is 0. The van der Waals surface area contributed by atoms with Crippen LogP contribution in [0.25, 0.3) is 0 Å². The van der Waals surface area contributed by atoms with Gasteiger partial charge in [0.05, 0.1) is 5.56 Å². The molecule has 130 valence electrons. The average Bonchev–Trinajstić information content (AvgIpc) is 2.49. The first-order valence-corrected chi connectivity index (χ1v) is 6.97. The lowest BCUT2D eigenvalue weighted by atomic mass is 9.93. The highest BCUT2D eigenvalue weighted by atomic mass is 19.4. The molecule has 3 nitrogen and oxygen atoms in total.